The lowest BCUT2D eigenvalue weighted by molar-refractivity contribution is -0.225. The third-order valence-electron chi connectivity index (χ3n) is 2.41. The normalized spacial score (nSPS) is 13.3. The van der Waals surface area contributed by atoms with Gasteiger partial charge in [0.25, 0.3) is 0 Å². The number of carbonyl (C=O) groups excluding carboxylic acids is 2. The van der Waals surface area contributed by atoms with Crippen molar-refractivity contribution in [2.24, 2.45) is 11.7 Å². The molecule has 0 spiro atoms. The zero-order valence-electron chi connectivity index (χ0n) is 9.49. The van der Waals surface area contributed by atoms with E-state index >= 15 is 0 Å². The minimum absolute atomic E-state index is 0.470. The molecule has 3 N–H and O–H groups in total. The van der Waals surface area contributed by atoms with Crippen LogP contribution in [-0.4, -0.2) is 31.9 Å². The first kappa shape index (κ1) is 13.9. The van der Waals surface area contributed by atoms with Gasteiger partial charge in [0.2, 0.25) is 5.91 Å². The lowest BCUT2D eigenvalue weighted by Crippen LogP contribution is -2.49. The third-order valence-corrected chi connectivity index (χ3v) is 2.41. The fourth-order valence-corrected chi connectivity index (χ4v) is 1.37. The predicted molar refractivity (Wildman–Crippen MR) is 53.9 cm³/mol. The van der Waals surface area contributed by atoms with Gasteiger partial charge >= 0.3 is 6.03 Å². The Balaban J connectivity index is 4.73. The van der Waals surface area contributed by atoms with Crippen LogP contribution in [0.15, 0.2) is 0 Å². The molecule has 88 valence electrons. The highest BCUT2D eigenvalue weighted by Crippen LogP contribution is 2.25. The van der Waals surface area contributed by atoms with Crippen molar-refractivity contribution in [3.05, 3.63) is 0 Å². The molecule has 0 fully saturated rings. The quantitative estimate of drug-likeness (QED) is 0.646. The second-order valence-corrected chi connectivity index (χ2v) is 3.24. The first-order valence-corrected chi connectivity index (χ1v) is 4.61. The maximum absolute atomic E-state index is 11.6. The number of imide groups is 1. The summed E-state index contributed by atoms with van der Waals surface area (Å²) in [5.41, 5.74) is 4.86. The summed E-state index contributed by atoms with van der Waals surface area (Å²) in [6, 6.07) is -0.881. The molecule has 3 amide bonds. The molecule has 15 heavy (non-hydrogen) atoms. The Morgan fingerprint density at radius 2 is 1.87 bits per heavy atom. The summed E-state index contributed by atoms with van der Waals surface area (Å²) < 4.78 is 10.2. The van der Waals surface area contributed by atoms with E-state index in [0.717, 1.165) is 0 Å². The van der Waals surface area contributed by atoms with E-state index in [1.54, 1.807) is 13.8 Å². The van der Waals surface area contributed by atoms with Crippen molar-refractivity contribution in [3.63, 3.8) is 0 Å². The zero-order valence-corrected chi connectivity index (χ0v) is 9.49. The lowest BCUT2D eigenvalue weighted by atomic mass is 9.96. The van der Waals surface area contributed by atoms with E-state index < -0.39 is 23.6 Å². The van der Waals surface area contributed by atoms with Crippen LogP contribution >= 0.6 is 0 Å². The number of nitrogens with two attached hydrogens (primary N) is 1. The minimum atomic E-state index is -1.06. The van der Waals surface area contributed by atoms with Crippen LogP contribution < -0.4 is 11.1 Å². The van der Waals surface area contributed by atoms with Crippen molar-refractivity contribution < 1.29 is 19.1 Å². The van der Waals surface area contributed by atoms with Gasteiger partial charge in [-0.3, -0.25) is 10.1 Å². The lowest BCUT2D eigenvalue weighted by Gasteiger charge is -2.33. The van der Waals surface area contributed by atoms with Crippen LogP contribution in [0.5, 0.6) is 0 Å². The van der Waals surface area contributed by atoms with Gasteiger partial charge in [0.1, 0.15) is 0 Å². The summed E-state index contributed by atoms with van der Waals surface area (Å²) in [5, 5.41) is 2.01. The molecular weight excluding hydrogens is 200 g/mol. The number of rotatable bonds is 5. The maximum atomic E-state index is 11.6. The first-order chi connectivity index (χ1) is 6.91. The van der Waals surface area contributed by atoms with E-state index in [4.69, 9.17) is 15.2 Å². The Kier molecular flexibility index (Phi) is 5.24. The van der Waals surface area contributed by atoms with Crippen LogP contribution in [0.3, 0.4) is 0 Å². The molecule has 0 aliphatic heterocycles. The SMILES string of the molecule is CCC(C(=O)NC(N)=O)C(C)(OC)OC. The summed E-state index contributed by atoms with van der Waals surface area (Å²) >= 11 is 0. The Morgan fingerprint density at radius 3 is 2.13 bits per heavy atom. The molecule has 0 radical (unpaired) electrons. The number of hydrogen-bond acceptors (Lipinski definition) is 4. The van der Waals surface area contributed by atoms with E-state index in [9.17, 15) is 9.59 Å². The van der Waals surface area contributed by atoms with Crippen molar-refractivity contribution in [2.45, 2.75) is 26.1 Å². The van der Waals surface area contributed by atoms with Gasteiger partial charge in [-0.15, -0.1) is 0 Å². The number of hydrogen-bond donors (Lipinski definition) is 2. The van der Waals surface area contributed by atoms with Crippen LogP contribution in [0, 0.1) is 5.92 Å². The first-order valence-electron chi connectivity index (χ1n) is 4.61. The van der Waals surface area contributed by atoms with E-state index in [-0.39, 0.29) is 0 Å². The van der Waals surface area contributed by atoms with E-state index in [2.05, 4.69) is 0 Å². The second-order valence-electron chi connectivity index (χ2n) is 3.24. The van der Waals surface area contributed by atoms with Gasteiger partial charge in [0.05, 0.1) is 5.92 Å². The van der Waals surface area contributed by atoms with Crippen LogP contribution in [-0.2, 0) is 14.3 Å². The number of carbonyl (C=O) groups is 2. The van der Waals surface area contributed by atoms with E-state index in [1.807, 2.05) is 5.32 Å². The molecule has 0 saturated heterocycles. The number of primary amides is 1. The highest BCUT2D eigenvalue weighted by Gasteiger charge is 2.38. The summed E-state index contributed by atoms with van der Waals surface area (Å²) in [4.78, 5) is 22.1. The zero-order chi connectivity index (χ0) is 12.1. The molecular formula is C9H18N2O4. The maximum Gasteiger partial charge on any atom is 0.318 e. The third kappa shape index (κ3) is 3.49. The topological polar surface area (TPSA) is 90.7 Å². The summed E-state index contributed by atoms with van der Waals surface area (Å²) in [5.74, 6) is -2.16. The van der Waals surface area contributed by atoms with Crippen molar-refractivity contribution in [3.8, 4) is 0 Å². The molecule has 6 heteroatoms. The molecule has 0 bridgehead atoms. The van der Waals surface area contributed by atoms with Crippen LogP contribution in [0.2, 0.25) is 0 Å². The van der Waals surface area contributed by atoms with Crippen LogP contribution in [0.1, 0.15) is 20.3 Å². The van der Waals surface area contributed by atoms with Gasteiger partial charge in [-0.25, -0.2) is 4.79 Å². The smallest absolute Gasteiger partial charge is 0.318 e. The highest BCUT2D eigenvalue weighted by atomic mass is 16.7. The molecule has 6 nitrogen and oxygen atoms in total. The van der Waals surface area contributed by atoms with Gasteiger partial charge < -0.3 is 15.2 Å². The Hall–Kier alpha value is -1.14. The Bertz CT molecular complexity index is 238. The van der Waals surface area contributed by atoms with E-state index in [1.165, 1.54) is 14.2 Å². The Labute approximate surface area is 89.1 Å². The number of amides is 3. The standard InChI is InChI=1S/C9H18N2O4/c1-5-6(7(12)11-8(10)13)9(2,14-3)15-4/h6H,5H2,1-4H3,(H3,10,11,12,13). The minimum Gasteiger partial charge on any atom is -0.353 e. The average Bonchev–Trinajstić information content (AvgIpc) is 2.17. The molecule has 0 aliphatic carbocycles. The summed E-state index contributed by atoms with van der Waals surface area (Å²) in [6.07, 6.45) is 0.470. The van der Waals surface area contributed by atoms with Gasteiger partial charge in [0.15, 0.2) is 5.79 Å². The monoisotopic (exact) mass is 218 g/mol. The van der Waals surface area contributed by atoms with Gasteiger partial charge in [0, 0.05) is 14.2 Å². The van der Waals surface area contributed by atoms with Crippen LogP contribution in [0.4, 0.5) is 4.79 Å². The number of urea groups is 1. The van der Waals surface area contributed by atoms with Crippen molar-refractivity contribution >= 4 is 11.9 Å². The van der Waals surface area contributed by atoms with Gasteiger partial charge in [-0.05, 0) is 13.3 Å². The molecule has 0 heterocycles. The second kappa shape index (κ2) is 5.67. The number of nitrogens with one attached hydrogen (secondary N) is 1. The highest BCUT2D eigenvalue weighted by molar-refractivity contribution is 5.95. The molecule has 0 aromatic rings. The molecule has 0 aromatic carbocycles. The predicted octanol–water partition coefficient (Wildman–Crippen LogP) is 0.216. The fraction of sp³-hybridized carbons (Fsp3) is 0.778. The van der Waals surface area contributed by atoms with Crippen molar-refractivity contribution in [1.82, 2.24) is 5.32 Å². The fourth-order valence-electron chi connectivity index (χ4n) is 1.37. The number of ether oxygens (including phenoxy) is 2. The van der Waals surface area contributed by atoms with Crippen molar-refractivity contribution in [2.75, 3.05) is 14.2 Å². The molecule has 0 aromatic heterocycles. The van der Waals surface area contributed by atoms with Crippen molar-refractivity contribution in [1.29, 1.82) is 0 Å². The van der Waals surface area contributed by atoms with Gasteiger partial charge in [-0.1, -0.05) is 6.92 Å². The van der Waals surface area contributed by atoms with E-state index in [0.29, 0.717) is 6.42 Å². The number of methoxy groups -OCH3 is 2. The van der Waals surface area contributed by atoms with Gasteiger partial charge in [-0.2, -0.15) is 0 Å². The molecule has 0 rings (SSSR count). The summed E-state index contributed by atoms with van der Waals surface area (Å²) in [7, 11) is 2.87. The molecule has 1 unspecified atom stereocenters. The van der Waals surface area contributed by atoms with Crippen LogP contribution in [0.25, 0.3) is 0 Å². The largest absolute Gasteiger partial charge is 0.353 e. The molecule has 0 saturated carbocycles. The summed E-state index contributed by atoms with van der Waals surface area (Å²) in [6.45, 7) is 3.42. The Morgan fingerprint density at radius 1 is 1.40 bits per heavy atom. The average molecular weight is 218 g/mol. The molecule has 0 aliphatic rings. The molecule has 1 atom stereocenters.